The summed E-state index contributed by atoms with van der Waals surface area (Å²) in [5, 5.41) is 4.26. The van der Waals surface area contributed by atoms with E-state index < -0.39 is 0 Å². The number of aromatic nitrogens is 3. The molecule has 0 aliphatic carbocycles. The summed E-state index contributed by atoms with van der Waals surface area (Å²) in [6, 6.07) is 9.50. The molecule has 2 aromatic heterocycles. The second kappa shape index (κ2) is 7.21. The molecule has 6 nitrogen and oxygen atoms in total. The van der Waals surface area contributed by atoms with Crippen LogP contribution in [0.5, 0.6) is 5.75 Å². The maximum Gasteiger partial charge on any atom is 0.308 e. The molecule has 0 aliphatic rings. The number of thiazole rings is 1. The Labute approximate surface area is 168 Å². The summed E-state index contributed by atoms with van der Waals surface area (Å²) < 4.78 is 20.1. The van der Waals surface area contributed by atoms with E-state index in [0.717, 1.165) is 16.7 Å². The lowest BCUT2D eigenvalue weighted by atomic mass is 10.1. The molecule has 0 atom stereocenters. The third-order valence-electron chi connectivity index (χ3n) is 4.31. The highest BCUT2D eigenvalue weighted by Gasteiger charge is 2.13. The number of carbonyl (C=O) groups excluding carboxylic acids is 1. The minimum Gasteiger partial charge on any atom is -0.426 e. The Kier molecular flexibility index (Phi) is 4.71. The Hall–Kier alpha value is -3.39. The van der Waals surface area contributed by atoms with E-state index in [1.54, 1.807) is 18.2 Å². The van der Waals surface area contributed by atoms with Crippen molar-refractivity contribution in [1.82, 2.24) is 14.6 Å². The van der Waals surface area contributed by atoms with Gasteiger partial charge in [0.2, 0.25) is 4.96 Å². The normalized spacial score (nSPS) is 11.9. The van der Waals surface area contributed by atoms with Crippen molar-refractivity contribution in [2.45, 2.75) is 20.8 Å². The molecule has 0 unspecified atom stereocenters. The van der Waals surface area contributed by atoms with Crippen LogP contribution in [0.4, 0.5) is 4.39 Å². The van der Waals surface area contributed by atoms with Crippen LogP contribution in [0.15, 0.2) is 41.2 Å². The molecule has 29 heavy (non-hydrogen) atoms. The molecule has 2 aromatic carbocycles. The topological polar surface area (TPSA) is 73.6 Å². The van der Waals surface area contributed by atoms with Gasteiger partial charge in [-0.1, -0.05) is 11.3 Å². The highest BCUT2D eigenvalue weighted by Crippen LogP contribution is 2.25. The van der Waals surface area contributed by atoms with Crippen molar-refractivity contribution in [3.63, 3.8) is 0 Å². The second-order valence-electron chi connectivity index (χ2n) is 6.63. The van der Waals surface area contributed by atoms with Crippen molar-refractivity contribution in [2.24, 2.45) is 0 Å². The summed E-state index contributed by atoms with van der Waals surface area (Å²) in [7, 11) is 0. The number of nitrogens with zero attached hydrogens (tertiary/aromatic N) is 3. The van der Waals surface area contributed by atoms with E-state index >= 15 is 0 Å². The van der Waals surface area contributed by atoms with Crippen molar-refractivity contribution in [3.05, 3.63) is 73.8 Å². The predicted molar refractivity (Wildman–Crippen MR) is 109 cm³/mol. The van der Waals surface area contributed by atoms with Crippen LogP contribution in [-0.2, 0) is 4.79 Å². The molecule has 0 saturated carbocycles. The third kappa shape index (κ3) is 3.66. The van der Waals surface area contributed by atoms with Gasteiger partial charge in [-0.25, -0.2) is 4.39 Å². The first-order valence-corrected chi connectivity index (χ1v) is 9.60. The average Bonchev–Trinajstić information content (AvgIpc) is 3.19. The SMILES string of the molecule is CC(=O)Oc1c(C)cc(/C=c2\sc3nc(-c4ccc(F)cc4)nn3c2=O)cc1C. The van der Waals surface area contributed by atoms with Gasteiger partial charge < -0.3 is 4.74 Å². The van der Waals surface area contributed by atoms with Gasteiger partial charge in [-0.3, -0.25) is 9.59 Å². The Morgan fingerprint density at radius 1 is 1.17 bits per heavy atom. The van der Waals surface area contributed by atoms with Crippen LogP contribution < -0.4 is 14.8 Å². The van der Waals surface area contributed by atoms with Crippen LogP contribution in [0.3, 0.4) is 0 Å². The molecular weight excluding hydrogens is 393 g/mol. The fourth-order valence-electron chi connectivity index (χ4n) is 3.08. The van der Waals surface area contributed by atoms with Crippen molar-refractivity contribution in [3.8, 4) is 17.1 Å². The summed E-state index contributed by atoms with van der Waals surface area (Å²) in [6.07, 6.45) is 1.76. The first kappa shape index (κ1) is 18.9. The van der Waals surface area contributed by atoms with Gasteiger partial charge in [-0.2, -0.15) is 9.50 Å². The largest absolute Gasteiger partial charge is 0.426 e. The van der Waals surface area contributed by atoms with Gasteiger partial charge in [0, 0.05) is 12.5 Å². The van der Waals surface area contributed by atoms with Gasteiger partial charge in [0.25, 0.3) is 5.56 Å². The number of esters is 1. The van der Waals surface area contributed by atoms with E-state index in [0.29, 0.717) is 26.6 Å². The molecule has 0 fully saturated rings. The van der Waals surface area contributed by atoms with Gasteiger partial charge in [0.05, 0.1) is 4.53 Å². The molecule has 0 saturated heterocycles. The van der Waals surface area contributed by atoms with Gasteiger partial charge >= 0.3 is 5.97 Å². The first-order valence-electron chi connectivity index (χ1n) is 8.79. The van der Waals surface area contributed by atoms with E-state index in [9.17, 15) is 14.0 Å². The van der Waals surface area contributed by atoms with Gasteiger partial charge in [0.15, 0.2) is 5.82 Å². The minimum absolute atomic E-state index is 0.273. The predicted octanol–water partition coefficient (Wildman–Crippen LogP) is 3.05. The highest BCUT2D eigenvalue weighted by molar-refractivity contribution is 7.15. The molecule has 0 aliphatic heterocycles. The number of fused-ring (bicyclic) bond motifs is 1. The van der Waals surface area contributed by atoms with Crippen molar-refractivity contribution in [2.75, 3.05) is 0 Å². The third-order valence-corrected chi connectivity index (χ3v) is 5.27. The van der Waals surface area contributed by atoms with E-state index in [1.807, 2.05) is 26.0 Å². The number of hydrogen-bond donors (Lipinski definition) is 0. The zero-order valence-corrected chi connectivity index (χ0v) is 16.7. The van der Waals surface area contributed by atoms with Gasteiger partial charge in [-0.15, -0.1) is 5.10 Å². The lowest BCUT2D eigenvalue weighted by Crippen LogP contribution is -2.23. The summed E-state index contributed by atoms with van der Waals surface area (Å²) in [4.78, 5) is 28.8. The lowest BCUT2D eigenvalue weighted by molar-refractivity contribution is -0.131. The standard InChI is InChI=1S/C21H16FN3O3S/c1-11-8-14(9-12(2)18(11)28-13(3)26)10-17-20(27)25-21(29-17)23-19(24-25)15-4-6-16(22)7-5-15/h4-10H,1-3H3/b17-10-. The van der Waals surface area contributed by atoms with Crippen molar-refractivity contribution >= 4 is 28.3 Å². The molecule has 0 amide bonds. The maximum absolute atomic E-state index is 13.1. The van der Waals surface area contributed by atoms with Crippen LogP contribution in [0, 0.1) is 19.7 Å². The average molecular weight is 409 g/mol. The number of hydrogen-bond acceptors (Lipinski definition) is 6. The summed E-state index contributed by atoms with van der Waals surface area (Å²) in [5.74, 6) is 0.180. The monoisotopic (exact) mass is 409 g/mol. The van der Waals surface area contributed by atoms with Crippen LogP contribution in [0.1, 0.15) is 23.6 Å². The number of carbonyl (C=O) groups is 1. The fourth-order valence-corrected chi connectivity index (χ4v) is 3.99. The quantitative estimate of drug-likeness (QED) is 0.384. The zero-order valence-electron chi connectivity index (χ0n) is 15.9. The zero-order chi connectivity index (χ0) is 20.7. The molecule has 146 valence electrons. The Bertz CT molecular complexity index is 1330. The highest BCUT2D eigenvalue weighted by atomic mass is 32.1. The van der Waals surface area contributed by atoms with Crippen LogP contribution in [0.25, 0.3) is 22.4 Å². The van der Waals surface area contributed by atoms with Crippen molar-refractivity contribution < 1.29 is 13.9 Å². The number of aryl methyl sites for hydroxylation is 2. The molecule has 4 aromatic rings. The summed E-state index contributed by atoms with van der Waals surface area (Å²) in [5.41, 5.74) is 2.79. The molecule has 2 heterocycles. The maximum atomic E-state index is 13.1. The van der Waals surface area contributed by atoms with E-state index in [1.165, 1.54) is 34.9 Å². The second-order valence-corrected chi connectivity index (χ2v) is 7.64. The molecule has 0 spiro atoms. The molecule has 0 radical (unpaired) electrons. The van der Waals surface area contributed by atoms with Crippen LogP contribution in [-0.4, -0.2) is 20.6 Å². The van der Waals surface area contributed by atoms with Gasteiger partial charge in [-0.05, 0) is 73.0 Å². The number of rotatable bonds is 3. The van der Waals surface area contributed by atoms with E-state index in [4.69, 9.17) is 4.74 Å². The van der Waals surface area contributed by atoms with E-state index in [2.05, 4.69) is 10.1 Å². The van der Waals surface area contributed by atoms with Gasteiger partial charge in [0.1, 0.15) is 11.6 Å². The molecular formula is C21H16FN3O3S. The molecule has 0 N–H and O–H groups in total. The van der Waals surface area contributed by atoms with Crippen LogP contribution in [0.2, 0.25) is 0 Å². The molecule has 8 heteroatoms. The number of benzene rings is 2. The molecule has 4 rings (SSSR count). The smallest absolute Gasteiger partial charge is 0.308 e. The van der Waals surface area contributed by atoms with E-state index in [-0.39, 0.29) is 17.3 Å². The number of ether oxygens (including phenoxy) is 1. The summed E-state index contributed by atoms with van der Waals surface area (Å²) in [6.45, 7) is 5.05. The fraction of sp³-hybridized carbons (Fsp3) is 0.143. The Morgan fingerprint density at radius 2 is 1.83 bits per heavy atom. The molecule has 0 bridgehead atoms. The lowest BCUT2D eigenvalue weighted by Gasteiger charge is -2.10. The Morgan fingerprint density at radius 3 is 2.41 bits per heavy atom. The summed E-state index contributed by atoms with van der Waals surface area (Å²) >= 11 is 1.23. The minimum atomic E-state index is -0.378. The number of halogens is 1. The van der Waals surface area contributed by atoms with Crippen LogP contribution >= 0.6 is 11.3 Å². The Balaban J connectivity index is 1.75. The first-order chi connectivity index (χ1) is 13.8. The van der Waals surface area contributed by atoms with Crippen molar-refractivity contribution in [1.29, 1.82) is 0 Å².